The van der Waals surface area contributed by atoms with Crippen molar-refractivity contribution in [2.75, 3.05) is 16.8 Å². The largest absolute Gasteiger partial charge is 0.367 e. The summed E-state index contributed by atoms with van der Waals surface area (Å²) in [6, 6.07) is 4.63. The van der Waals surface area contributed by atoms with Crippen LogP contribution in [0, 0.1) is 0 Å². The predicted octanol–water partition coefficient (Wildman–Crippen LogP) is 3.98. The molecule has 1 unspecified atom stereocenters. The van der Waals surface area contributed by atoms with Gasteiger partial charge < -0.3 is 10.2 Å². The van der Waals surface area contributed by atoms with Gasteiger partial charge in [0.05, 0.1) is 11.9 Å². The summed E-state index contributed by atoms with van der Waals surface area (Å²) in [5, 5.41) is 2.86. The zero-order valence-corrected chi connectivity index (χ0v) is 13.3. The summed E-state index contributed by atoms with van der Waals surface area (Å²) in [5.74, 6) is 0.714. The molecule has 4 heteroatoms. The molecular weight excluding hydrogens is 262 g/mol. The summed E-state index contributed by atoms with van der Waals surface area (Å²) in [7, 11) is 0. The molecule has 2 rings (SSSR count). The van der Waals surface area contributed by atoms with Crippen LogP contribution < -0.4 is 10.2 Å². The maximum absolute atomic E-state index is 11.7. The van der Waals surface area contributed by atoms with Crippen molar-refractivity contribution >= 4 is 17.4 Å². The minimum atomic E-state index is 0.0570. The molecule has 2 heterocycles. The number of hydrogen-bond acceptors (Lipinski definition) is 3. The number of aromatic nitrogens is 1. The minimum absolute atomic E-state index is 0.0570. The van der Waals surface area contributed by atoms with E-state index in [9.17, 15) is 4.79 Å². The molecule has 0 saturated carbocycles. The first-order chi connectivity index (χ1) is 10.2. The Kier molecular flexibility index (Phi) is 6.03. The highest BCUT2D eigenvalue weighted by atomic mass is 16.1. The van der Waals surface area contributed by atoms with Gasteiger partial charge in [0.25, 0.3) is 0 Å². The van der Waals surface area contributed by atoms with Crippen LogP contribution in [0.5, 0.6) is 0 Å². The van der Waals surface area contributed by atoms with Crippen molar-refractivity contribution in [3.8, 4) is 0 Å². The number of nitrogens with one attached hydrogen (secondary N) is 1. The summed E-state index contributed by atoms with van der Waals surface area (Å²) >= 11 is 0. The normalized spacial score (nSPS) is 18.6. The van der Waals surface area contributed by atoms with Crippen molar-refractivity contribution in [1.29, 1.82) is 0 Å². The van der Waals surface area contributed by atoms with E-state index in [4.69, 9.17) is 0 Å². The van der Waals surface area contributed by atoms with E-state index in [0.29, 0.717) is 18.3 Å². The number of pyridine rings is 1. The third-order valence-electron chi connectivity index (χ3n) is 4.20. The molecule has 1 aliphatic heterocycles. The molecule has 1 atom stereocenters. The van der Waals surface area contributed by atoms with Gasteiger partial charge in [-0.1, -0.05) is 20.3 Å². The molecule has 1 fully saturated rings. The van der Waals surface area contributed by atoms with E-state index >= 15 is 0 Å². The zero-order chi connectivity index (χ0) is 15.1. The van der Waals surface area contributed by atoms with Crippen molar-refractivity contribution in [3.63, 3.8) is 0 Å². The van der Waals surface area contributed by atoms with E-state index < -0.39 is 0 Å². The van der Waals surface area contributed by atoms with E-state index in [0.717, 1.165) is 19.4 Å². The molecule has 1 aromatic heterocycles. The number of nitrogens with zero attached hydrogens (tertiary/aromatic N) is 2. The van der Waals surface area contributed by atoms with E-state index in [1.807, 2.05) is 12.3 Å². The fourth-order valence-electron chi connectivity index (χ4n) is 2.94. The van der Waals surface area contributed by atoms with Gasteiger partial charge in [-0.25, -0.2) is 4.98 Å². The Morgan fingerprint density at radius 3 is 2.90 bits per heavy atom. The van der Waals surface area contributed by atoms with Gasteiger partial charge in [-0.15, -0.1) is 0 Å². The van der Waals surface area contributed by atoms with Crippen LogP contribution in [0.1, 0.15) is 58.8 Å². The second-order valence-electron chi connectivity index (χ2n) is 5.80. The highest BCUT2D eigenvalue weighted by Crippen LogP contribution is 2.26. The van der Waals surface area contributed by atoms with Crippen LogP contribution in [0.2, 0.25) is 0 Å². The molecule has 1 aliphatic rings. The van der Waals surface area contributed by atoms with E-state index in [-0.39, 0.29) is 5.91 Å². The van der Waals surface area contributed by atoms with Crippen LogP contribution >= 0.6 is 0 Å². The molecule has 0 bridgehead atoms. The Hall–Kier alpha value is -1.58. The first-order valence-electron chi connectivity index (χ1n) is 8.27. The number of carbonyl (C=O) groups is 1. The van der Waals surface area contributed by atoms with Crippen LogP contribution in [0.3, 0.4) is 0 Å². The molecule has 116 valence electrons. The first-order valence-corrected chi connectivity index (χ1v) is 8.27. The minimum Gasteiger partial charge on any atom is -0.367 e. The standard InChI is InChI=1S/C17H27N3O/c1-3-5-9-17(21)19-16-11-10-15(13-18-16)20-12-7-6-8-14(20)4-2/h10-11,13-14H,3-9,12H2,1-2H3,(H,18,19,21). The van der Waals surface area contributed by atoms with Gasteiger partial charge in [-0.05, 0) is 44.2 Å². The number of rotatable bonds is 6. The van der Waals surface area contributed by atoms with Crippen molar-refractivity contribution in [2.45, 2.75) is 64.8 Å². The summed E-state index contributed by atoms with van der Waals surface area (Å²) < 4.78 is 0. The Bertz CT molecular complexity index is 444. The van der Waals surface area contributed by atoms with Crippen LogP contribution in [-0.4, -0.2) is 23.5 Å². The summed E-state index contributed by atoms with van der Waals surface area (Å²) in [6.45, 7) is 5.45. The van der Waals surface area contributed by atoms with Gasteiger partial charge in [0.2, 0.25) is 5.91 Å². The Morgan fingerprint density at radius 1 is 1.38 bits per heavy atom. The third kappa shape index (κ3) is 4.45. The van der Waals surface area contributed by atoms with Gasteiger partial charge in [0, 0.05) is 19.0 Å². The van der Waals surface area contributed by atoms with Crippen LogP contribution in [0.25, 0.3) is 0 Å². The average Bonchev–Trinajstić information content (AvgIpc) is 2.53. The molecule has 0 radical (unpaired) electrons. The number of carbonyl (C=O) groups excluding carboxylic acids is 1. The zero-order valence-electron chi connectivity index (χ0n) is 13.3. The fraction of sp³-hybridized carbons (Fsp3) is 0.647. The molecule has 4 nitrogen and oxygen atoms in total. The molecule has 21 heavy (non-hydrogen) atoms. The summed E-state index contributed by atoms with van der Waals surface area (Å²) in [5.41, 5.74) is 1.17. The second kappa shape index (κ2) is 8.01. The highest BCUT2D eigenvalue weighted by Gasteiger charge is 2.21. The lowest BCUT2D eigenvalue weighted by atomic mass is 9.99. The predicted molar refractivity (Wildman–Crippen MR) is 87.7 cm³/mol. The van der Waals surface area contributed by atoms with Gasteiger partial charge in [0.15, 0.2) is 0 Å². The molecular formula is C17H27N3O. The molecule has 1 N–H and O–H groups in total. The van der Waals surface area contributed by atoms with E-state index in [1.54, 1.807) is 0 Å². The molecule has 1 aromatic rings. The van der Waals surface area contributed by atoms with Crippen molar-refractivity contribution < 1.29 is 4.79 Å². The van der Waals surface area contributed by atoms with Gasteiger partial charge in [-0.3, -0.25) is 4.79 Å². The summed E-state index contributed by atoms with van der Waals surface area (Å²) in [6.07, 6.45) is 9.46. The molecule has 0 aromatic carbocycles. The van der Waals surface area contributed by atoms with Gasteiger partial charge >= 0.3 is 0 Å². The number of piperidine rings is 1. The second-order valence-corrected chi connectivity index (χ2v) is 5.80. The van der Waals surface area contributed by atoms with Crippen LogP contribution in [0.4, 0.5) is 11.5 Å². The average molecular weight is 289 g/mol. The van der Waals surface area contributed by atoms with Crippen molar-refractivity contribution in [3.05, 3.63) is 18.3 Å². The quantitative estimate of drug-likeness (QED) is 0.861. The summed E-state index contributed by atoms with van der Waals surface area (Å²) in [4.78, 5) is 18.5. The Balaban J connectivity index is 1.96. The lowest BCUT2D eigenvalue weighted by Gasteiger charge is -2.37. The van der Waals surface area contributed by atoms with E-state index in [1.165, 1.54) is 31.4 Å². The highest BCUT2D eigenvalue weighted by molar-refractivity contribution is 5.89. The third-order valence-corrected chi connectivity index (χ3v) is 4.20. The molecule has 0 aliphatic carbocycles. The topological polar surface area (TPSA) is 45.2 Å². The van der Waals surface area contributed by atoms with Crippen molar-refractivity contribution in [2.24, 2.45) is 0 Å². The fourth-order valence-corrected chi connectivity index (χ4v) is 2.94. The molecule has 1 saturated heterocycles. The lowest BCUT2D eigenvalue weighted by Crippen LogP contribution is -2.39. The smallest absolute Gasteiger partial charge is 0.225 e. The van der Waals surface area contributed by atoms with Crippen LogP contribution in [0.15, 0.2) is 18.3 Å². The number of amides is 1. The number of unbranched alkanes of at least 4 members (excludes halogenated alkanes) is 1. The van der Waals surface area contributed by atoms with E-state index in [2.05, 4.69) is 35.1 Å². The monoisotopic (exact) mass is 289 g/mol. The maximum atomic E-state index is 11.7. The van der Waals surface area contributed by atoms with Gasteiger partial charge in [0.1, 0.15) is 5.82 Å². The Labute approximate surface area is 127 Å². The maximum Gasteiger partial charge on any atom is 0.225 e. The Morgan fingerprint density at radius 2 is 2.24 bits per heavy atom. The first kappa shape index (κ1) is 15.8. The molecule has 0 spiro atoms. The van der Waals surface area contributed by atoms with Crippen molar-refractivity contribution in [1.82, 2.24) is 4.98 Å². The van der Waals surface area contributed by atoms with Crippen LogP contribution in [-0.2, 0) is 4.79 Å². The number of anilines is 2. The van der Waals surface area contributed by atoms with Gasteiger partial charge in [-0.2, -0.15) is 0 Å². The molecule has 1 amide bonds. The lowest BCUT2D eigenvalue weighted by molar-refractivity contribution is -0.116. The SMILES string of the molecule is CCCCC(=O)Nc1ccc(N2CCCCC2CC)cn1. The number of hydrogen-bond donors (Lipinski definition) is 1.